The lowest BCUT2D eigenvalue weighted by molar-refractivity contribution is -0.138. The lowest BCUT2D eigenvalue weighted by Crippen LogP contribution is -2.53. The number of rotatable bonds is 3. The standard InChI is InChI=1S/C24H34FN3O/c25-20-7-10-23-19(17-20)11-12-28(23)22-8-5-18(6-9-22)24(29)27-15-13-26(14-16-27)21-3-1-2-4-21/h7,10,17-18,21-22H,1-6,8-9,11-16H2/t18-,22-. The largest absolute Gasteiger partial charge is 0.368 e. The Balaban J connectivity index is 1.12. The fraction of sp³-hybridized carbons (Fsp3) is 0.708. The zero-order valence-electron chi connectivity index (χ0n) is 17.5. The van der Waals surface area contributed by atoms with Gasteiger partial charge in [0.1, 0.15) is 5.82 Å². The summed E-state index contributed by atoms with van der Waals surface area (Å²) >= 11 is 0. The van der Waals surface area contributed by atoms with E-state index in [9.17, 15) is 9.18 Å². The number of nitrogens with zero attached hydrogens (tertiary/aromatic N) is 3. The lowest BCUT2D eigenvalue weighted by atomic mass is 9.84. The maximum atomic E-state index is 13.5. The first-order valence-electron chi connectivity index (χ1n) is 11.8. The summed E-state index contributed by atoms with van der Waals surface area (Å²) in [6.45, 7) is 4.95. The number of hydrogen-bond acceptors (Lipinski definition) is 3. The molecule has 5 heteroatoms. The van der Waals surface area contributed by atoms with Crippen molar-refractivity contribution in [2.24, 2.45) is 5.92 Å². The molecular formula is C24H34FN3O. The van der Waals surface area contributed by atoms with E-state index in [1.807, 2.05) is 6.07 Å². The Morgan fingerprint density at radius 1 is 0.862 bits per heavy atom. The van der Waals surface area contributed by atoms with Crippen molar-refractivity contribution in [3.63, 3.8) is 0 Å². The van der Waals surface area contributed by atoms with E-state index in [-0.39, 0.29) is 11.7 Å². The molecule has 0 spiro atoms. The fourth-order valence-electron chi connectivity index (χ4n) is 6.24. The van der Waals surface area contributed by atoms with Gasteiger partial charge in [0.25, 0.3) is 0 Å². The second-order valence-corrected chi connectivity index (χ2v) is 9.52. The van der Waals surface area contributed by atoms with Gasteiger partial charge in [-0.15, -0.1) is 0 Å². The van der Waals surface area contributed by atoms with Gasteiger partial charge in [0, 0.05) is 56.4 Å². The van der Waals surface area contributed by atoms with Gasteiger partial charge in [-0.05, 0) is 68.7 Å². The summed E-state index contributed by atoms with van der Waals surface area (Å²) in [6.07, 6.45) is 10.6. The Bertz CT molecular complexity index is 732. The Labute approximate surface area is 174 Å². The molecule has 0 bridgehead atoms. The van der Waals surface area contributed by atoms with Gasteiger partial charge < -0.3 is 9.80 Å². The average molecular weight is 400 g/mol. The molecular weight excluding hydrogens is 365 g/mol. The van der Waals surface area contributed by atoms with Crippen LogP contribution in [-0.2, 0) is 11.2 Å². The maximum absolute atomic E-state index is 13.5. The van der Waals surface area contributed by atoms with Gasteiger partial charge in [0.15, 0.2) is 0 Å². The van der Waals surface area contributed by atoms with Crippen molar-refractivity contribution < 1.29 is 9.18 Å². The molecule has 2 saturated carbocycles. The third kappa shape index (κ3) is 3.90. The Morgan fingerprint density at radius 3 is 2.31 bits per heavy atom. The monoisotopic (exact) mass is 399 g/mol. The van der Waals surface area contributed by atoms with Crippen molar-refractivity contribution in [3.05, 3.63) is 29.6 Å². The molecule has 29 heavy (non-hydrogen) atoms. The molecule has 158 valence electrons. The van der Waals surface area contributed by atoms with Crippen LogP contribution in [0.4, 0.5) is 10.1 Å². The van der Waals surface area contributed by atoms with Crippen LogP contribution in [0.5, 0.6) is 0 Å². The van der Waals surface area contributed by atoms with Crippen molar-refractivity contribution in [1.29, 1.82) is 0 Å². The highest BCUT2D eigenvalue weighted by atomic mass is 19.1. The van der Waals surface area contributed by atoms with Gasteiger partial charge in [-0.3, -0.25) is 9.69 Å². The molecule has 1 aromatic carbocycles. The van der Waals surface area contributed by atoms with Crippen molar-refractivity contribution >= 4 is 11.6 Å². The number of carbonyl (C=O) groups is 1. The molecule has 0 radical (unpaired) electrons. The van der Waals surface area contributed by atoms with E-state index in [2.05, 4.69) is 14.7 Å². The van der Waals surface area contributed by atoms with E-state index in [4.69, 9.17) is 0 Å². The highest BCUT2D eigenvalue weighted by molar-refractivity contribution is 5.79. The van der Waals surface area contributed by atoms with Gasteiger partial charge in [0.05, 0.1) is 0 Å². The molecule has 0 unspecified atom stereocenters. The molecule has 1 amide bonds. The first kappa shape index (κ1) is 19.3. The van der Waals surface area contributed by atoms with E-state index in [0.29, 0.717) is 11.9 Å². The summed E-state index contributed by atoms with van der Waals surface area (Å²) in [7, 11) is 0. The fourth-order valence-corrected chi connectivity index (χ4v) is 6.24. The highest BCUT2D eigenvalue weighted by Gasteiger charge is 2.35. The predicted octanol–water partition coefficient (Wildman–Crippen LogP) is 3.83. The summed E-state index contributed by atoms with van der Waals surface area (Å²) in [5.74, 6) is 0.478. The van der Waals surface area contributed by atoms with E-state index >= 15 is 0 Å². The van der Waals surface area contributed by atoms with Gasteiger partial charge in [-0.2, -0.15) is 0 Å². The van der Waals surface area contributed by atoms with Crippen LogP contribution in [0.15, 0.2) is 18.2 Å². The minimum absolute atomic E-state index is 0.132. The smallest absolute Gasteiger partial charge is 0.225 e. The van der Waals surface area contributed by atoms with E-state index in [1.165, 1.54) is 31.4 Å². The molecule has 4 aliphatic rings. The average Bonchev–Trinajstić information content (AvgIpc) is 3.43. The van der Waals surface area contributed by atoms with Crippen molar-refractivity contribution in [1.82, 2.24) is 9.80 Å². The molecule has 2 aliphatic carbocycles. The Hall–Kier alpha value is -1.62. The van der Waals surface area contributed by atoms with Crippen LogP contribution >= 0.6 is 0 Å². The molecule has 1 saturated heterocycles. The second kappa shape index (κ2) is 8.25. The molecule has 3 fully saturated rings. The Kier molecular flexibility index (Phi) is 5.51. The summed E-state index contributed by atoms with van der Waals surface area (Å²) in [4.78, 5) is 20.3. The normalized spacial score (nSPS) is 28.7. The summed E-state index contributed by atoms with van der Waals surface area (Å²) in [6, 6.07) is 6.50. The first-order valence-corrected chi connectivity index (χ1v) is 11.8. The van der Waals surface area contributed by atoms with E-state index in [0.717, 1.165) is 76.4 Å². The molecule has 4 nitrogen and oxygen atoms in total. The van der Waals surface area contributed by atoms with Gasteiger partial charge in [-0.25, -0.2) is 4.39 Å². The molecule has 5 rings (SSSR count). The zero-order chi connectivity index (χ0) is 19.8. The van der Waals surface area contributed by atoms with Crippen LogP contribution < -0.4 is 4.90 Å². The first-order chi connectivity index (χ1) is 14.2. The number of hydrogen-bond donors (Lipinski definition) is 0. The number of carbonyl (C=O) groups excluding carboxylic acids is 1. The highest BCUT2D eigenvalue weighted by Crippen LogP contribution is 2.36. The quantitative estimate of drug-likeness (QED) is 0.773. The van der Waals surface area contributed by atoms with Crippen molar-refractivity contribution in [2.75, 3.05) is 37.6 Å². The van der Waals surface area contributed by atoms with Crippen LogP contribution in [0, 0.1) is 11.7 Å². The van der Waals surface area contributed by atoms with E-state index in [1.54, 1.807) is 12.1 Å². The lowest BCUT2D eigenvalue weighted by Gasteiger charge is -2.41. The Morgan fingerprint density at radius 2 is 1.59 bits per heavy atom. The van der Waals surface area contributed by atoms with Crippen molar-refractivity contribution in [2.45, 2.75) is 69.9 Å². The molecule has 0 atom stereocenters. The second-order valence-electron chi connectivity index (χ2n) is 9.52. The summed E-state index contributed by atoms with van der Waals surface area (Å²) in [5, 5.41) is 0. The third-order valence-electron chi connectivity index (χ3n) is 7.93. The molecule has 0 N–H and O–H groups in total. The minimum Gasteiger partial charge on any atom is -0.368 e. The van der Waals surface area contributed by atoms with Gasteiger partial charge in [0.2, 0.25) is 5.91 Å². The number of benzene rings is 1. The molecule has 2 heterocycles. The van der Waals surface area contributed by atoms with Crippen LogP contribution in [0.2, 0.25) is 0 Å². The van der Waals surface area contributed by atoms with Gasteiger partial charge in [-0.1, -0.05) is 12.8 Å². The van der Waals surface area contributed by atoms with E-state index < -0.39 is 0 Å². The molecule has 2 aliphatic heterocycles. The molecule has 1 aromatic rings. The van der Waals surface area contributed by atoms with Crippen LogP contribution in [-0.4, -0.2) is 60.5 Å². The molecule has 0 aromatic heterocycles. The maximum Gasteiger partial charge on any atom is 0.225 e. The van der Waals surface area contributed by atoms with Crippen LogP contribution in [0.3, 0.4) is 0 Å². The minimum atomic E-state index is -0.132. The van der Waals surface area contributed by atoms with Crippen LogP contribution in [0.1, 0.15) is 56.9 Å². The summed E-state index contributed by atoms with van der Waals surface area (Å²) in [5.41, 5.74) is 2.35. The number of halogens is 1. The number of anilines is 1. The summed E-state index contributed by atoms with van der Waals surface area (Å²) < 4.78 is 13.5. The SMILES string of the molecule is O=C([C@H]1CC[C@H](N2CCc3cc(F)ccc32)CC1)N1CCN(C2CCCC2)CC1. The number of piperazine rings is 1. The third-order valence-corrected chi connectivity index (χ3v) is 7.93. The topological polar surface area (TPSA) is 26.8 Å². The predicted molar refractivity (Wildman–Crippen MR) is 114 cm³/mol. The zero-order valence-corrected chi connectivity index (χ0v) is 17.5. The number of fused-ring (bicyclic) bond motifs is 1. The van der Waals surface area contributed by atoms with Crippen LogP contribution in [0.25, 0.3) is 0 Å². The van der Waals surface area contributed by atoms with Crippen molar-refractivity contribution in [3.8, 4) is 0 Å². The van der Waals surface area contributed by atoms with Gasteiger partial charge >= 0.3 is 0 Å². The number of amides is 1.